The Bertz CT molecular complexity index is 921. The van der Waals surface area contributed by atoms with Gasteiger partial charge < -0.3 is 20.3 Å². The third-order valence-electron chi connectivity index (χ3n) is 4.83. The number of carbonyl (C=O) groups excluding carboxylic acids is 3. The molecule has 3 rings (SSSR count). The molecule has 0 saturated carbocycles. The summed E-state index contributed by atoms with van der Waals surface area (Å²) in [5.74, 6) is -0.166. The number of fused-ring (bicyclic) bond motifs is 1. The standard InChI is InChI=1S/C22H25N3O4/c1-14-7-6-8-15(2)21(14)24-20(27)13-23-19(26)11-12-25-17-9-4-5-10-18(17)29-16(3)22(25)28/h4-10,16H,11-13H2,1-3H3,(H,23,26)(H,24,27)/t16-/m0/s1. The van der Waals surface area contributed by atoms with Gasteiger partial charge in [0.05, 0.1) is 12.2 Å². The molecule has 152 valence electrons. The van der Waals surface area contributed by atoms with Crippen LogP contribution in [0.15, 0.2) is 42.5 Å². The molecule has 0 bridgehead atoms. The summed E-state index contributed by atoms with van der Waals surface area (Å²) in [6.07, 6.45) is -0.514. The van der Waals surface area contributed by atoms with E-state index in [1.165, 1.54) is 0 Å². The molecule has 7 heteroatoms. The number of nitrogens with zero attached hydrogens (tertiary/aromatic N) is 1. The molecule has 29 heavy (non-hydrogen) atoms. The number of nitrogens with one attached hydrogen (secondary N) is 2. The Kier molecular flexibility index (Phi) is 6.16. The lowest BCUT2D eigenvalue weighted by Gasteiger charge is -2.32. The first kappa shape index (κ1) is 20.4. The van der Waals surface area contributed by atoms with Gasteiger partial charge in [-0.25, -0.2) is 0 Å². The van der Waals surface area contributed by atoms with Crippen molar-refractivity contribution in [1.29, 1.82) is 0 Å². The van der Waals surface area contributed by atoms with Gasteiger partial charge in [0.1, 0.15) is 5.75 Å². The van der Waals surface area contributed by atoms with Gasteiger partial charge in [-0.3, -0.25) is 14.4 Å². The van der Waals surface area contributed by atoms with Crippen molar-refractivity contribution in [3.63, 3.8) is 0 Å². The normalized spacial score (nSPS) is 15.3. The van der Waals surface area contributed by atoms with Gasteiger partial charge in [-0.2, -0.15) is 0 Å². The Balaban J connectivity index is 1.53. The largest absolute Gasteiger partial charge is 0.479 e. The molecule has 0 fully saturated rings. The number of aryl methyl sites for hydroxylation is 2. The molecule has 0 aromatic heterocycles. The number of anilines is 2. The first-order valence-corrected chi connectivity index (χ1v) is 9.56. The lowest BCUT2D eigenvalue weighted by molar-refractivity contribution is -0.126. The topological polar surface area (TPSA) is 87.7 Å². The van der Waals surface area contributed by atoms with E-state index in [0.29, 0.717) is 11.4 Å². The van der Waals surface area contributed by atoms with Crippen LogP contribution in [0.2, 0.25) is 0 Å². The van der Waals surface area contributed by atoms with Gasteiger partial charge in [-0.1, -0.05) is 30.3 Å². The van der Waals surface area contributed by atoms with Crippen molar-refractivity contribution >= 4 is 29.1 Å². The van der Waals surface area contributed by atoms with Crippen LogP contribution in [0.4, 0.5) is 11.4 Å². The molecule has 0 radical (unpaired) electrons. The fraction of sp³-hybridized carbons (Fsp3) is 0.318. The molecule has 1 heterocycles. The van der Waals surface area contributed by atoms with Crippen LogP contribution in [0.1, 0.15) is 24.5 Å². The summed E-state index contributed by atoms with van der Waals surface area (Å²) in [6, 6.07) is 13.0. The van der Waals surface area contributed by atoms with Crippen molar-refractivity contribution in [3.05, 3.63) is 53.6 Å². The number of ether oxygens (including phenoxy) is 1. The number of benzene rings is 2. The number of hydrogen-bond donors (Lipinski definition) is 2. The summed E-state index contributed by atoms with van der Waals surface area (Å²) in [4.78, 5) is 38.4. The second-order valence-corrected chi connectivity index (χ2v) is 7.06. The van der Waals surface area contributed by atoms with Crippen molar-refractivity contribution in [3.8, 4) is 5.75 Å². The van der Waals surface area contributed by atoms with Crippen molar-refractivity contribution in [1.82, 2.24) is 5.32 Å². The minimum Gasteiger partial charge on any atom is -0.479 e. The first-order valence-electron chi connectivity index (χ1n) is 9.56. The van der Waals surface area contributed by atoms with E-state index >= 15 is 0 Å². The van der Waals surface area contributed by atoms with E-state index < -0.39 is 6.10 Å². The molecule has 2 aromatic rings. The number of carbonyl (C=O) groups is 3. The average molecular weight is 395 g/mol. The Labute approximate surface area is 170 Å². The summed E-state index contributed by atoms with van der Waals surface area (Å²) < 4.78 is 5.59. The van der Waals surface area contributed by atoms with E-state index in [4.69, 9.17) is 4.74 Å². The predicted molar refractivity (Wildman–Crippen MR) is 111 cm³/mol. The Morgan fingerprint density at radius 2 is 1.72 bits per heavy atom. The monoisotopic (exact) mass is 395 g/mol. The van der Waals surface area contributed by atoms with E-state index in [-0.39, 0.29) is 37.2 Å². The first-order chi connectivity index (χ1) is 13.9. The highest BCUT2D eigenvalue weighted by molar-refractivity contribution is 6.00. The van der Waals surface area contributed by atoms with Crippen molar-refractivity contribution in [2.45, 2.75) is 33.3 Å². The maximum Gasteiger partial charge on any atom is 0.267 e. The van der Waals surface area contributed by atoms with Gasteiger partial charge in [-0.05, 0) is 44.0 Å². The molecule has 3 amide bonds. The van der Waals surface area contributed by atoms with E-state index in [2.05, 4.69) is 10.6 Å². The van der Waals surface area contributed by atoms with Crippen LogP contribution in [-0.2, 0) is 14.4 Å². The molecule has 1 atom stereocenters. The quantitative estimate of drug-likeness (QED) is 0.787. The zero-order valence-corrected chi connectivity index (χ0v) is 16.8. The maximum absolute atomic E-state index is 12.4. The second-order valence-electron chi connectivity index (χ2n) is 7.06. The lowest BCUT2D eigenvalue weighted by Crippen LogP contribution is -2.46. The molecule has 1 aliphatic rings. The second kappa shape index (κ2) is 8.77. The van der Waals surface area contributed by atoms with Crippen LogP contribution in [0.3, 0.4) is 0 Å². The van der Waals surface area contributed by atoms with Crippen molar-refractivity contribution in [2.75, 3.05) is 23.3 Å². The van der Waals surface area contributed by atoms with Crippen LogP contribution in [-0.4, -0.2) is 36.9 Å². The van der Waals surface area contributed by atoms with E-state index in [0.717, 1.165) is 16.8 Å². The van der Waals surface area contributed by atoms with Gasteiger partial charge >= 0.3 is 0 Å². The predicted octanol–water partition coefficient (Wildman–Crippen LogP) is 2.56. The lowest BCUT2D eigenvalue weighted by atomic mass is 10.1. The summed E-state index contributed by atoms with van der Waals surface area (Å²) in [6.45, 7) is 5.60. The molecule has 7 nitrogen and oxygen atoms in total. The minimum atomic E-state index is -0.601. The SMILES string of the molecule is Cc1cccc(C)c1NC(=O)CNC(=O)CCN1C(=O)[C@H](C)Oc2ccccc21. The molecular weight excluding hydrogens is 370 g/mol. The van der Waals surface area contributed by atoms with Crippen LogP contribution in [0, 0.1) is 13.8 Å². The summed E-state index contributed by atoms with van der Waals surface area (Å²) in [5.41, 5.74) is 3.33. The van der Waals surface area contributed by atoms with Crippen LogP contribution >= 0.6 is 0 Å². The molecule has 0 unspecified atom stereocenters. The number of amides is 3. The Morgan fingerprint density at radius 3 is 2.45 bits per heavy atom. The fourth-order valence-electron chi connectivity index (χ4n) is 3.27. The molecule has 1 aliphatic heterocycles. The van der Waals surface area contributed by atoms with Crippen LogP contribution in [0.25, 0.3) is 0 Å². The van der Waals surface area contributed by atoms with Gasteiger partial charge in [0.15, 0.2) is 6.10 Å². The number of para-hydroxylation sites is 3. The van der Waals surface area contributed by atoms with Gasteiger partial charge in [0.2, 0.25) is 11.8 Å². The number of hydrogen-bond acceptors (Lipinski definition) is 4. The van der Waals surface area contributed by atoms with Gasteiger partial charge in [-0.15, -0.1) is 0 Å². The van der Waals surface area contributed by atoms with Crippen LogP contribution < -0.4 is 20.3 Å². The molecule has 0 saturated heterocycles. The minimum absolute atomic E-state index is 0.0868. The highest BCUT2D eigenvalue weighted by Gasteiger charge is 2.31. The van der Waals surface area contributed by atoms with E-state index in [1.54, 1.807) is 24.0 Å². The molecular formula is C22H25N3O4. The van der Waals surface area contributed by atoms with E-state index in [1.807, 2.05) is 44.2 Å². The summed E-state index contributed by atoms with van der Waals surface area (Å²) in [7, 11) is 0. The van der Waals surface area contributed by atoms with Crippen molar-refractivity contribution in [2.24, 2.45) is 0 Å². The number of rotatable bonds is 6. The third-order valence-corrected chi connectivity index (χ3v) is 4.83. The maximum atomic E-state index is 12.4. The average Bonchev–Trinajstić information content (AvgIpc) is 2.69. The molecule has 0 aliphatic carbocycles. The smallest absolute Gasteiger partial charge is 0.267 e. The fourth-order valence-corrected chi connectivity index (χ4v) is 3.27. The summed E-state index contributed by atoms with van der Waals surface area (Å²) >= 11 is 0. The highest BCUT2D eigenvalue weighted by atomic mass is 16.5. The molecule has 2 N–H and O–H groups in total. The van der Waals surface area contributed by atoms with E-state index in [9.17, 15) is 14.4 Å². The Morgan fingerprint density at radius 1 is 1.03 bits per heavy atom. The Hall–Kier alpha value is -3.35. The van der Waals surface area contributed by atoms with Gasteiger partial charge in [0.25, 0.3) is 5.91 Å². The zero-order valence-electron chi connectivity index (χ0n) is 16.8. The van der Waals surface area contributed by atoms with Gasteiger partial charge in [0, 0.05) is 18.7 Å². The third kappa shape index (κ3) is 4.74. The molecule has 2 aromatic carbocycles. The summed E-state index contributed by atoms with van der Waals surface area (Å²) in [5, 5.41) is 5.44. The van der Waals surface area contributed by atoms with Crippen molar-refractivity contribution < 1.29 is 19.1 Å². The molecule has 0 spiro atoms. The highest BCUT2D eigenvalue weighted by Crippen LogP contribution is 2.33. The zero-order chi connectivity index (χ0) is 21.0. The van der Waals surface area contributed by atoms with Crippen LogP contribution in [0.5, 0.6) is 5.75 Å².